The zero-order valence-corrected chi connectivity index (χ0v) is 18.0. The maximum Gasteiger partial charge on any atom is 0.305 e. The Morgan fingerprint density at radius 3 is 2.90 bits per heavy atom. The summed E-state index contributed by atoms with van der Waals surface area (Å²) in [7, 11) is 0. The van der Waals surface area contributed by atoms with Gasteiger partial charge in [-0.3, -0.25) is 19.5 Å². The molecule has 2 atom stereocenters. The number of hydrogen-bond donors (Lipinski definition) is 1. The van der Waals surface area contributed by atoms with Crippen molar-refractivity contribution in [3.05, 3.63) is 42.3 Å². The maximum atomic E-state index is 12.4. The minimum absolute atomic E-state index is 0.0204. The molecule has 0 bridgehead atoms. The molecule has 3 rings (SSSR count). The summed E-state index contributed by atoms with van der Waals surface area (Å²) in [6.07, 6.45) is 4.22. The minimum Gasteiger partial charge on any atom is -0.495 e. The molecular formula is C22H28N2O5S. The molecule has 1 N–H and O–H groups in total. The van der Waals surface area contributed by atoms with Crippen molar-refractivity contribution in [2.75, 3.05) is 19.0 Å². The number of esters is 1. The summed E-state index contributed by atoms with van der Waals surface area (Å²) in [6, 6.07) is 9.23. The molecule has 0 saturated carbocycles. The van der Waals surface area contributed by atoms with Crippen LogP contribution in [-0.4, -0.2) is 58.0 Å². The standard InChI is InChI=1S/C22H28N2O5S/c1-2-28-22(27)11-7-13-30-19-15-18-17(23-19)14-21(26)24(18)20(25)10-6-12-29-16-8-4-3-5-9-16/h3-5,8-10,17-18,25H,2,6-7,11-15H2,1H3/t17-,18-/m1/s1. The number of aliphatic hydroxyl groups excluding tert-OH is 1. The average Bonchev–Trinajstić information content (AvgIpc) is 3.25. The molecule has 0 radical (unpaired) electrons. The van der Waals surface area contributed by atoms with Crippen LogP contribution >= 0.6 is 11.8 Å². The van der Waals surface area contributed by atoms with E-state index in [4.69, 9.17) is 9.47 Å². The largest absolute Gasteiger partial charge is 0.495 e. The maximum absolute atomic E-state index is 12.4. The summed E-state index contributed by atoms with van der Waals surface area (Å²) in [5.41, 5.74) is 0. The predicted molar refractivity (Wildman–Crippen MR) is 117 cm³/mol. The number of amides is 1. The van der Waals surface area contributed by atoms with Crippen LogP contribution in [0.5, 0.6) is 5.75 Å². The van der Waals surface area contributed by atoms with E-state index in [2.05, 4.69) is 4.99 Å². The van der Waals surface area contributed by atoms with Gasteiger partial charge in [-0.25, -0.2) is 0 Å². The summed E-state index contributed by atoms with van der Waals surface area (Å²) in [5.74, 6) is 1.26. The predicted octanol–water partition coefficient (Wildman–Crippen LogP) is 3.70. The first-order valence-corrected chi connectivity index (χ1v) is 11.3. The van der Waals surface area contributed by atoms with Crippen molar-refractivity contribution in [1.29, 1.82) is 0 Å². The topological polar surface area (TPSA) is 88.4 Å². The normalized spacial score (nSPS) is 20.8. The number of hydrogen-bond acceptors (Lipinski definition) is 7. The number of para-hydroxylation sites is 1. The molecule has 162 valence electrons. The number of carbonyl (C=O) groups is 2. The second-order valence-electron chi connectivity index (χ2n) is 7.10. The van der Waals surface area contributed by atoms with Gasteiger partial charge in [0.1, 0.15) is 5.75 Å². The molecule has 1 aromatic rings. The van der Waals surface area contributed by atoms with Gasteiger partial charge in [0.2, 0.25) is 5.91 Å². The van der Waals surface area contributed by atoms with Crippen molar-refractivity contribution >= 4 is 28.7 Å². The highest BCUT2D eigenvalue weighted by Gasteiger charge is 2.45. The summed E-state index contributed by atoms with van der Waals surface area (Å²) in [6.45, 7) is 2.62. The SMILES string of the molecule is CCOC(=O)CCCSC1=N[C@@H]2CC(=O)N(C(O)=CCCOc3ccccc3)[C@@H]2C1. The van der Waals surface area contributed by atoms with Gasteiger partial charge >= 0.3 is 5.97 Å². The highest BCUT2D eigenvalue weighted by Crippen LogP contribution is 2.35. The van der Waals surface area contributed by atoms with Crippen molar-refractivity contribution in [3.63, 3.8) is 0 Å². The second kappa shape index (κ2) is 11.1. The van der Waals surface area contributed by atoms with Crippen LogP contribution in [0.25, 0.3) is 0 Å². The van der Waals surface area contributed by atoms with E-state index in [9.17, 15) is 14.7 Å². The second-order valence-corrected chi connectivity index (χ2v) is 8.27. The molecule has 2 heterocycles. The van der Waals surface area contributed by atoms with Gasteiger partial charge in [0.05, 0.1) is 36.8 Å². The first-order valence-electron chi connectivity index (χ1n) is 10.3. The Morgan fingerprint density at radius 1 is 1.33 bits per heavy atom. The van der Waals surface area contributed by atoms with E-state index in [-0.39, 0.29) is 29.8 Å². The van der Waals surface area contributed by atoms with E-state index in [1.807, 2.05) is 30.3 Å². The molecule has 1 aromatic carbocycles. The lowest BCUT2D eigenvalue weighted by Gasteiger charge is -2.22. The van der Waals surface area contributed by atoms with Gasteiger partial charge in [0, 0.05) is 19.3 Å². The Hall–Kier alpha value is -2.48. The number of likely N-dealkylation sites (tertiary alicyclic amines) is 1. The molecule has 0 aromatic heterocycles. The molecule has 2 aliphatic rings. The van der Waals surface area contributed by atoms with Gasteiger partial charge in [-0.05, 0) is 37.3 Å². The van der Waals surface area contributed by atoms with Crippen molar-refractivity contribution in [2.45, 2.75) is 51.1 Å². The van der Waals surface area contributed by atoms with Gasteiger partial charge in [0.25, 0.3) is 0 Å². The number of benzene rings is 1. The van der Waals surface area contributed by atoms with Crippen LogP contribution in [0.15, 0.2) is 47.3 Å². The molecule has 0 spiro atoms. The number of ether oxygens (including phenoxy) is 2. The van der Waals surface area contributed by atoms with E-state index in [1.165, 1.54) is 4.90 Å². The van der Waals surface area contributed by atoms with Crippen molar-refractivity contribution in [2.24, 2.45) is 4.99 Å². The number of rotatable bonds is 10. The number of thioether (sulfide) groups is 1. The Labute approximate surface area is 181 Å². The van der Waals surface area contributed by atoms with Crippen molar-refractivity contribution in [1.82, 2.24) is 4.90 Å². The lowest BCUT2D eigenvalue weighted by molar-refractivity contribution is -0.143. The number of aliphatic imine (C=N–C) groups is 1. The summed E-state index contributed by atoms with van der Waals surface area (Å²) >= 11 is 1.62. The fourth-order valence-electron chi connectivity index (χ4n) is 3.56. The van der Waals surface area contributed by atoms with Crippen LogP contribution in [0.1, 0.15) is 39.0 Å². The summed E-state index contributed by atoms with van der Waals surface area (Å²) < 4.78 is 10.5. The Kier molecular flexibility index (Phi) is 8.19. The lowest BCUT2D eigenvalue weighted by atomic mass is 10.1. The third kappa shape index (κ3) is 6.01. The van der Waals surface area contributed by atoms with E-state index in [1.54, 1.807) is 24.8 Å². The quantitative estimate of drug-likeness (QED) is 0.345. The van der Waals surface area contributed by atoms with Gasteiger partial charge in [-0.15, -0.1) is 11.8 Å². The smallest absolute Gasteiger partial charge is 0.305 e. The zero-order chi connectivity index (χ0) is 21.3. The van der Waals surface area contributed by atoms with Crippen LogP contribution in [-0.2, 0) is 14.3 Å². The van der Waals surface area contributed by atoms with Gasteiger partial charge in [-0.1, -0.05) is 18.2 Å². The average molecular weight is 433 g/mol. The van der Waals surface area contributed by atoms with Gasteiger partial charge in [-0.2, -0.15) is 0 Å². The molecule has 1 fully saturated rings. The fraction of sp³-hybridized carbons (Fsp3) is 0.500. The minimum atomic E-state index is -0.175. The highest BCUT2D eigenvalue weighted by molar-refractivity contribution is 8.13. The van der Waals surface area contributed by atoms with Gasteiger partial charge in [0.15, 0.2) is 5.88 Å². The van der Waals surface area contributed by atoms with Crippen LogP contribution in [0.2, 0.25) is 0 Å². The zero-order valence-electron chi connectivity index (χ0n) is 17.2. The van der Waals surface area contributed by atoms with Crippen LogP contribution in [0.3, 0.4) is 0 Å². The monoisotopic (exact) mass is 432 g/mol. The van der Waals surface area contributed by atoms with Gasteiger partial charge < -0.3 is 14.6 Å². The molecule has 0 aliphatic carbocycles. The summed E-state index contributed by atoms with van der Waals surface area (Å²) in [4.78, 5) is 29.9. The first-order chi connectivity index (χ1) is 14.6. The Bertz CT molecular complexity index is 796. The highest BCUT2D eigenvalue weighted by atomic mass is 32.2. The van der Waals surface area contributed by atoms with Crippen LogP contribution in [0.4, 0.5) is 0 Å². The van der Waals surface area contributed by atoms with E-state index >= 15 is 0 Å². The van der Waals surface area contributed by atoms with E-state index in [0.717, 1.165) is 23.0 Å². The molecular weight excluding hydrogens is 404 g/mol. The Morgan fingerprint density at radius 2 is 2.13 bits per heavy atom. The number of aliphatic hydroxyl groups is 1. The van der Waals surface area contributed by atoms with Crippen LogP contribution in [0, 0.1) is 0 Å². The number of carbonyl (C=O) groups excluding carboxylic acids is 2. The molecule has 8 heteroatoms. The number of fused-ring (bicyclic) bond motifs is 1. The Balaban J connectivity index is 1.43. The van der Waals surface area contributed by atoms with E-state index in [0.29, 0.717) is 38.9 Å². The fourth-order valence-corrected chi connectivity index (χ4v) is 4.58. The van der Waals surface area contributed by atoms with Crippen molar-refractivity contribution in [3.8, 4) is 5.75 Å². The summed E-state index contributed by atoms with van der Waals surface area (Å²) in [5, 5.41) is 11.5. The van der Waals surface area contributed by atoms with Crippen LogP contribution < -0.4 is 4.74 Å². The third-order valence-corrected chi connectivity index (χ3v) is 6.02. The number of nitrogens with zero attached hydrogens (tertiary/aromatic N) is 2. The van der Waals surface area contributed by atoms with E-state index < -0.39 is 0 Å². The molecule has 0 unspecified atom stereocenters. The lowest BCUT2D eigenvalue weighted by Crippen LogP contribution is -2.34. The molecule has 7 nitrogen and oxygen atoms in total. The first kappa shape index (κ1) is 22.2. The third-order valence-electron chi connectivity index (χ3n) is 4.92. The molecule has 30 heavy (non-hydrogen) atoms. The van der Waals surface area contributed by atoms with Crippen molar-refractivity contribution < 1.29 is 24.2 Å². The molecule has 2 aliphatic heterocycles. The molecule has 1 amide bonds. The molecule has 1 saturated heterocycles.